The van der Waals surface area contributed by atoms with Crippen molar-refractivity contribution < 1.29 is 23.0 Å². The molecule has 0 saturated carbocycles. The van der Waals surface area contributed by atoms with Crippen LogP contribution in [-0.2, 0) is 23.0 Å². The van der Waals surface area contributed by atoms with Gasteiger partial charge in [-0.2, -0.15) is 0 Å². The molecule has 0 fully saturated rings. The quantitative estimate of drug-likeness (QED) is 0.448. The lowest BCUT2D eigenvalue weighted by Gasteiger charge is -2.33. The van der Waals surface area contributed by atoms with Crippen molar-refractivity contribution in [2.75, 3.05) is 0 Å². The summed E-state index contributed by atoms with van der Waals surface area (Å²) in [6.07, 6.45) is 12.8. The molecular formula is C26H20O5P2. The van der Waals surface area contributed by atoms with Crippen molar-refractivity contribution >= 4 is 37.2 Å². The average Bonchev–Trinajstić information content (AvgIpc) is 2.89. The monoisotopic (exact) mass is 474 g/mol. The normalized spacial score (nSPS) is 22.8. The van der Waals surface area contributed by atoms with Gasteiger partial charge in [-0.15, -0.1) is 0 Å². The van der Waals surface area contributed by atoms with E-state index < -0.39 is 26.1 Å². The van der Waals surface area contributed by atoms with Crippen LogP contribution >= 0.6 is 14.7 Å². The first-order chi connectivity index (χ1) is 16.0. The van der Waals surface area contributed by atoms with E-state index in [2.05, 4.69) is 0 Å². The van der Waals surface area contributed by atoms with E-state index in [-0.39, 0.29) is 11.1 Å². The minimum atomic E-state index is -4.01. The Balaban J connectivity index is 1.95. The molecule has 0 radical (unpaired) electrons. The largest absolute Gasteiger partial charge is 0.286 e. The molecule has 33 heavy (non-hydrogen) atoms. The van der Waals surface area contributed by atoms with E-state index in [0.29, 0.717) is 10.6 Å². The SMILES string of the molecule is O=C=C1C=CC=CC1P(=O)(OP(=O)(c1ccccc1)C1C=CC=CC1=C=O)c1ccccc1. The zero-order valence-corrected chi connectivity index (χ0v) is 19.3. The van der Waals surface area contributed by atoms with Gasteiger partial charge in [-0.3, -0.25) is 13.4 Å². The van der Waals surface area contributed by atoms with Crippen LogP contribution < -0.4 is 10.6 Å². The molecule has 0 saturated heterocycles. The molecule has 2 aliphatic rings. The fourth-order valence-electron chi connectivity index (χ4n) is 3.81. The van der Waals surface area contributed by atoms with Crippen molar-refractivity contribution in [2.24, 2.45) is 0 Å². The topological polar surface area (TPSA) is 77.5 Å². The van der Waals surface area contributed by atoms with Crippen LogP contribution in [0.4, 0.5) is 0 Å². The Morgan fingerprint density at radius 3 is 1.36 bits per heavy atom. The molecule has 164 valence electrons. The fourth-order valence-corrected chi connectivity index (χ4v) is 10.3. The van der Waals surface area contributed by atoms with Gasteiger partial charge in [0.25, 0.3) is 0 Å². The van der Waals surface area contributed by atoms with E-state index >= 15 is 0 Å². The zero-order chi connectivity index (χ0) is 23.3. The van der Waals surface area contributed by atoms with E-state index in [1.165, 1.54) is 12.2 Å². The molecule has 5 nitrogen and oxygen atoms in total. The van der Waals surface area contributed by atoms with E-state index in [0.717, 1.165) is 0 Å². The molecule has 2 aromatic carbocycles. The van der Waals surface area contributed by atoms with Gasteiger partial charge in [-0.05, 0) is 36.4 Å². The maximum absolute atomic E-state index is 14.7. The molecule has 2 aromatic rings. The Bertz CT molecular complexity index is 1250. The summed E-state index contributed by atoms with van der Waals surface area (Å²) in [6, 6.07) is 16.8. The van der Waals surface area contributed by atoms with Gasteiger partial charge in [0.05, 0.1) is 22.5 Å². The Kier molecular flexibility index (Phi) is 6.72. The number of benzene rings is 2. The van der Waals surface area contributed by atoms with E-state index in [9.17, 15) is 18.7 Å². The van der Waals surface area contributed by atoms with Gasteiger partial charge in [0.15, 0.2) is 0 Å². The van der Waals surface area contributed by atoms with Crippen molar-refractivity contribution in [3.8, 4) is 0 Å². The first kappa shape index (κ1) is 22.9. The summed E-state index contributed by atoms with van der Waals surface area (Å²) in [4.78, 5) is 23.4. The third kappa shape index (κ3) is 4.34. The van der Waals surface area contributed by atoms with Gasteiger partial charge in [-0.1, -0.05) is 72.9 Å². The van der Waals surface area contributed by atoms with Crippen molar-refractivity contribution in [2.45, 2.75) is 11.3 Å². The highest BCUT2D eigenvalue weighted by atomic mass is 31.2. The van der Waals surface area contributed by atoms with E-state index in [1.54, 1.807) is 97.1 Å². The molecule has 0 bridgehead atoms. The standard InChI is InChI=1S/C26H20O5P2/c27-19-21-11-7-9-17-25(21)32(29,23-13-3-1-4-14-23)31-33(30,24-15-5-2-6-16-24)26-18-10-8-12-22(26)20-28/h1-18,25-26H. The van der Waals surface area contributed by atoms with Crippen LogP contribution in [0.1, 0.15) is 0 Å². The molecule has 0 spiro atoms. The summed E-state index contributed by atoms with van der Waals surface area (Å²) in [5.41, 5.74) is -1.69. The fraction of sp³-hybridized carbons (Fsp3) is 0.0769. The van der Waals surface area contributed by atoms with Crippen LogP contribution in [0.2, 0.25) is 0 Å². The second-order valence-electron chi connectivity index (χ2n) is 7.44. The Morgan fingerprint density at radius 1 is 0.606 bits per heavy atom. The van der Waals surface area contributed by atoms with Crippen LogP contribution in [0.3, 0.4) is 0 Å². The number of hydrogen-bond donors (Lipinski definition) is 0. The highest BCUT2D eigenvalue weighted by Crippen LogP contribution is 2.69. The third-order valence-electron chi connectivity index (χ3n) is 5.44. The number of carbonyl (C=O) groups excluding carboxylic acids is 2. The summed E-state index contributed by atoms with van der Waals surface area (Å²) < 4.78 is 35.8. The smallest absolute Gasteiger partial charge is 0.249 e. The van der Waals surface area contributed by atoms with Crippen LogP contribution in [0.15, 0.2) is 120 Å². The third-order valence-corrected chi connectivity index (χ3v) is 11.8. The molecule has 0 aromatic heterocycles. The molecule has 4 unspecified atom stereocenters. The average molecular weight is 474 g/mol. The van der Waals surface area contributed by atoms with E-state index in [4.69, 9.17) is 4.31 Å². The molecule has 2 aliphatic carbocycles. The summed E-state index contributed by atoms with van der Waals surface area (Å²) in [6.45, 7) is 0. The molecule has 4 rings (SSSR count). The first-order valence-electron chi connectivity index (χ1n) is 10.2. The lowest BCUT2D eigenvalue weighted by molar-refractivity contribution is 0.466. The maximum atomic E-state index is 14.7. The van der Waals surface area contributed by atoms with Crippen molar-refractivity contribution in [1.29, 1.82) is 0 Å². The second kappa shape index (κ2) is 9.69. The van der Waals surface area contributed by atoms with Crippen LogP contribution in [0.25, 0.3) is 0 Å². The summed E-state index contributed by atoms with van der Waals surface area (Å²) in [5, 5.41) is 0.622. The van der Waals surface area contributed by atoms with Crippen molar-refractivity contribution in [3.05, 3.63) is 120 Å². The molecule has 0 aliphatic heterocycles. The van der Waals surface area contributed by atoms with Crippen molar-refractivity contribution in [3.63, 3.8) is 0 Å². The molecule has 0 amide bonds. The Labute approximate surface area is 192 Å². The van der Waals surface area contributed by atoms with Gasteiger partial charge in [0, 0.05) is 10.6 Å². The van der Waals surface area contributed by atoms with Gasteiger partial charge < -0.3 is 0 Å². The summed E-state index contributed by atoms with van der Waals surface area (Å²) >= 11 is 0. The van der Waals surface area contributed by atoms with E-state index in [1.807, 2.05) is 11.9 Å². The second-order valence-corrected chi connectivity index (χ2v) is 12.6. The molecule has 0 N–H and O–H groups in total. The highest BCUT2D eigenvalue weighted by molar-refractivity contribution is 7.80. The maximum Gasteiger partial charge on any atom is 0.249 e. The minimum Gasteiger partial charge on any atom is -0.286 e. The summed E-state index contributed by atoms with van der Waals surface area (Å²) in [7, 11) is -8.02. The van der Waals surface area contributed by atoms with Gasteiger partial charge in [0.1, 0.15) is 11.9 Å². The lowest BCUT2D eigenvalue weighted by atomic mass is 10.1. The van der Waals surface area contributed by atoms with Crippen LogP contribution in [-0.4, -0.2) is 23.2 Å². The Hall–Kier alpha value is -3.28. The van der Waals surface area contributed by atoms with Gasteiger partial charge >= 0.3 is 0 Å². The van der Waals surface area contributed by atoms with Crippen LogP contribution in [0.5, 0.6) is 0 Å². The molecule has 0 heterocycles. The van der Waals surface area contributed by atoms with Crippen molar-refractivity contribution in [1.82, 2.24) is 0 Å². The predicted molar refractivity (Wildman–Crippen MR) is 131 cm³/mol. The van der Waals surface area contributed by atoms with Gasteiger partial charge in [0.2, 0.25) is 14.7 Å². The minimum absolute atomic E-state index is 0.134. The lowest BCUT2D eigenvalue weighted by Crippen LogP contribution is -2.26. The number of rotatable bonds is 6. The molecule has 7 heteroatoms. The predicted octanol–water partition coefficient (Wildman–Crippen LogP) is 4.72. The van der Waals surface area contributed by atoms with Gasteiger partial charge in [-0.25, -0.2) is 9.59 Å². The molecular weight excluding hydrogens is 454 g/mol. The highest BCUT2D eigenvalue weighted by Gasteiger charge is 2.48. The zero-order valence-electron chi connectivity index (χ0n) is 17.5. The number of allylic oxidation sites excluding steroid dienone is 10. The Morgan fingerprint density at radius 2 is 1.00 bits per heavy atom. The summed E-state index contributed by atoms with van der Waals surface area (Å²) in [5.74, 6) is 3.70. The molecule has 4 atom stereocenters. The van der Waals surface area contributed by atoms with Crippen LogP contribution in [0, 0.1) is 0 Å². The number of hydrogen-bond acceptors (Lipinski definition) is 5. The first-order valence-corrected chi connectivity index (χ1v) is 13.6.